The summed E-state index contributed by atoms with van der Waals surface area (Å²) in [5, 5.41) is 6.72. The van der Waals surface area contributed by atoms with Crippen LogP contribution in [0.4, 0.5) is 11.6 Å². The van der Waals surface area contributed by atoms with Crippen LogP contribution in [0, 0.1) is 6.92 Å². The average Bonchev–Trinajstić information content (AvgIpc) is 3.17. The highest BCUT2D eigenvalue weighted by atomic mass is 16.5. The second-order valence-corrected chi connectivity index (χ2v) is 7.83. The van der Waals surface area contributed by atoms with Gasteiger partial charge in [-0.1, -0.05) is 19.4 Å². The van der Waals surface area contributed by atoms with Crippen LogP contribution in [-0.2, 0) is 6.42 Å². The highest BCUT2D eigenvalue weighted by molar-refractivity contribution is 5.60. The van der Waals surface area contributed by atoms with Crippen molar-refractivity contribution in [1.82, 2.24) is 35.0 Å². The molecule has 1 fully saturated rings. The number of fused-ring (bicyclic) bond motifs is 1. The molecule has 3 aromatic heterocycles. The van der Waals surface area contributed by atoms with Gasteiger partial charge in [-0.05, 0) is 31.5 Å². The molecule has 31 heavy (non-hydrogen) atoms. The van der Waals surface area contributed by atoms with Crippen molar-refractivity contribution in [2.24, 2.45) is 0 Å². The Balaban J connectivity index is 1.51. The van der Waals surface area contributed by atoms with Crippen LogP contribution in [0.1, 0.15) is 36.6 Å². The summed E-state index contributed by atoms with van der Waals surface area (Å²) in [7, 11) is 1.97. The van der Waals surface area contributed by atoms with E-state index in [1.54, 1.807) is 10.7 Å². The summed E-state index contributed by atoms with van der Waals surface area (Å²) in [6.07, 6.45) is 6.36. The van der Waals surface area contributed by atoms with E-state index >= 15 is 0 Å². The topological polar surface area (TPSA) is 110 Å². The lowest BCUT2D eigenvalue weighted by Gasteiger charge is -2.35. The molecule has 0 radical (unpaired) electrons. The molecule has 0 aromatic carbocycles. The molecule has 0 spiro atoms. The number of hydrazine groups is 1. The highest BCUT2D eigenvalue weighted by Gasteiger charge is 2.19. The van der Waals surface area contributed by atoms with Gasteiger partial charge in [0, 0.05) is 38.8 Å². The second kappa shape index (κ2) is 9.44. The molecular formula is C21H31N9O. The molecule has 3 N–H and O–H groups in total. The predicted molar refractivity (Wildman–Crippen MR) is 120 cm³/mol. The third-order valence-corrected chi connectivity index (χ3v) is 5.56. The Morgan fingerprint density at radius 2 is 1.97 bits per heavy atom. The third-order valence-electron chi connectivity index (χ3n) is 5.56. The summed E-state index contributed by atoms with van der Waals surface area (Å²) in [6.45, 7) is 8.66. The summed E-state index contributed by atoms with van der Waals surface area (Å²) in [5.41, 5.74) is 13.0. The molecule has 4 rings (SSSR count). The largest absolute Gasteiger partial charge is 0.462 e. The number of hydrogen-bond acceptors (Lipinski definition) is 9. The molecule has 0 aliphatic carbocycles. The summed E-state index contributed by atoms with van der Waals surface area (Å²) in [6, 6.07) is 2.47. The van der Waals surface area contributed by atoms with Crippen molar-refractivity contribution < 1.29 is 4.74 Å². The minimum absolute atomic E-state index is 0.281. The molecule has 0 saturated carbocycles. The normalized spacial score (nSPS) is 15.0. The van der Waals surface area contributed by atoms with E-state index in [1.807, 2.05) is 13.2 Å². The fourth-order valence-corrected chi connectivity index (χ4v) is 3.82. The van der Waals surface area contributed by atoms with Crippen LogP contribution in [0.25, 0.3) is 5.65 Å². The minimum Gasteiger partial charge on any atom is -0.462 e. The molecule has 1 saturated heterocycles. The number of piperazine rings is 1. The molecule has 1 aliphatic rings. The predicted octanol–water partition coefficient (Wildman–Crippen LogP) is 1.44. The second-order valence-electron chi connectivity index (χ2n) is 7.83. The first-order chi connectivity index (χ1) is 15.1. The fourth-order valence-electron chi connectivity index (χ4n) is 3.82. The van der Waals surface area contributed by atoms with Crippen LogP contribution in [0.5, 0.6) is 6.01 Å². The average molecular weight is 426 g/mol. The number of hydrogen-bond donors (Lipinski definition) is 2. The number of nitrogens with two attached hydrogens (primary N) is 1. The van der Waals surface area contributed by atoms with E-state index in [0.717, 1.165) is 56.1 Å². The maximum absolute atomic E-state index is 6.07. The molecule has 3 aromatic rings. The van der Waals surface area contributed by atoms with E-state index in [4.69, 9.17) is 15.5 Å². The Kier molecular flexibility index (Phi) is 6.47. The minimum atomic E-state index is 0.281. The van der Waals surface area contributed by atoms with E-state index in [-0.39, 0.29) is 6.01 Å². The van der Waals surface area contributed by atoms with Crippen molar-refractivity contribution in [3.63, 3.8) is 0 Å². The van der Waals surface area contributed by atoms with Gasteiger partial charge in [-0.3, -0.25) is 5.43 Å². The maximum atomic E-state index is 6.07. The van der Waals surface area contributed by atoms with E-state index < -0.39 is 0 Å². The zero-order valence-electron chi connectivity index (χ0n) is 18.5. The summed E-state index contributed by atoms with van der Waals surface area (Å²) < 4.78 is 7.38. The molecular weight excluding hydrogens is 394 g/mol. The zero-order valence-corrected chi connectivity index (χ0v) is 18.5. The van der Waals surface area contributed by atoms with Gasteiger partial charge in [-0.25, -0.2) is 19.5 Å². The Hall–Kier alpha value is -2.98. The van der Waals surface area contributed by atoms with Crippen LogP contribution in [0.15, 0.2) is 18.5 Å². The Bertz CT molecular complexity index is 1030. The van der Waals surface area contributed by atoms with Gasteiger partial charge in [-0.2, -0.15) is 4.98 Å². The standard InChI is InChI=1S/C21H31N9O/c1-4-5-10-31-21-26-18(22)20-25-14-17(30(20)27-21)12-16-11-15(2)19(24-13-16)28-6-8-29(23-3)9-7-28/h11,13-14,23H,4-10,12H2,1-3H3,(H2,22,26,27). The van der Waals surface area contributed by atoms with Crippen LogP contribution < -0.4 is 20.8 Å². The van der Waals surface area contributed by atoms with Crippen molar-refractivity contribution in [1.29, 1.82) is 0 Å². The lowest BCUT2D eigenvalue weighted by atomic mass is 10.1. The van der Waals surface area contributed by atoms with Crippen LogP contribution in [-0.4, -0.2) is 69.4 Å². The third kappa shape index (κ3) is 4.70. The van der Waals surface area contributed by atoms with Crippen molar-refractivity contribution >= 4 is 17.3 Å². The van der Waals surface area contributed by atoms with E-state index in [1.165, 1.54) is 5.56 Å². The first-order valence-electron chi connectivity index (χ1n) is 10.8. The van der Waals surface area contributed by atoms with Gasteiger partial charge in [0.15, 0.2) is 11.5 Å². The summed E-state index contributed by atoms with van der Waals surface area (Å²) >= 11 is 0. The number of aryl methyl sites for hydroxylation is 1. The molecule has 10 nitrogen and oxygen atoms in total. The number of ether oxygens (including phenoxy) is 1. The molecule has 0 unspecified atom stereocenters. The molecule has 10 heteroatoms. The Labute approximate surface area is 182 Å². The first kappa shape index (κ1) is 21.3. The number of anilines is 2. The van der Waals surface area contributed by atoms with Crippen molar-refractivity contribution in [3.05, 3.63) is 35.3 Å². The molecule has 4 heterocycles. The van der Waals surface area contributed by atoms with E-state index in [2.05, 4.69) is 50.3 Å². The number of rotatable bonds is 8. The van der Waals surface area contributed by atoms with Gasteiger partial charge in [0.05, 0.1) is 18.5 Å². The van der Waals surface area contributed by atoms with Gasteiger partial charge >= 0.3 is 6.01 Å². The molecule has 166 valence electrons. The quantitative estimate of drug-likeness (QED) is 0.518. The van der Waals surface area contributed by atoms with Crippen molar-refractivity contribution in [2.45, 2.75) is 33.1 Å². The highest BCUT2D eigenvalue weighted by Crippen LogP contribution is 2.22. The smallest absolute Gasteiger partial charge is 0.336 e. The van der Waals surface area contributed by atoms with Crippen molar-refractivity contribution in [2.75, 3.05) is 50.5 Å². The fraction of sp³-hybridized carbons (Fsp3) is 0.524. The van der Waals surface area contributed by atoms with Gasteiger partial charge < -0.3 is 15.4 Å². The summed E-state index contributed by atoms with van der Waals surface area (Å²) in [4.78, 5) is 15.7. The number of nitrogens with one attached hydrogen (secondary N) is 1. The van der Waals surface area contributed by atoms with Gasteiger partial charge in [0.25, 0.3) is 0 Å². The molecule has 1 aliphatic heterocycles. The summed E-state index contributed by atoms with van der Waals surface area (Å²) in [5.74, 6) is 1.37. The number of nitrogen functional groups attached to an aromatic ring is 1. The molecule has 0 amide bonds. The number of nitrogens with zero attached hydrogens (tertiary/aromatic N) is 7. The SMILES string of the molecule is CCCCOc1nc(N)c2ncc(Cc3cnc(N4CCN(NC)CC4)c(C)c3)n2n1. The number of pyridine rings is 1. The van der Waals surface area contributed by atoms with Crippen LogP contribution >= 0.6 is 0 Å². The number of unbranched alkanes of at least 4 members (excludes halogenated alkanes) is 1. The van der Waals surface area contributed by atoms with Crippen LogP contribution in [0.2, 0.25) is 0 Å². The lowest BCUT2D eigenvalue weighted by Crippen LogP contribution is -2.51. The Morgan fingerprint density at radius 1 is 1.16 bits per heavy atom. The van der Waals surface area contributed by atoms with Crippen molar-refractivity contribution in [3.8, 4) is 6.01 Å². The first-order valence-corrected chi connectivity index (χ1v) is 10.8. The Morgan fingerprint density at radius 3 is 2.68 bits per heavy atom. The molecule has 0 atom stereocenters. The van der Waals surface area contributed by atoms with E-state index in [9.17, 15) is 0 Å². The zero-order chi connectivity index (χ0) is 21.8. The van der Waals surface area contributed by atoms with Gasteiger partial charge in [0.1, 0.15) is 5.82 Å². The van der Waals surface area contributed by atoms with Gasteiger partial charge in [-0.15, -0.1) is 5.10 Å². The van der Waals surface area contributed by atoms with Gasteiger partial charge in [0.2, 0.25) is 0 Å². The lowest BCUT2D eigenvalue weighted by molar-refractivity contribution is 0.195. The number of imidazole rings is 1. The number of aromatic nitrogens is 5. The molecule has 0 bridgehead atoms. The monoisotopic (exact) mass is 425 g/mol. The van der Waals surface area contributed by atoms with Crippen LogP contribution in [0.3, 0.4) is 0 Å². The van der Waals surface area contributed by atoms with E-state index in [0.29, 0.717) is 24.5 Å². The maximum Gasteiger partial charge on any atom is 0.336 e.